The van der Waals surface area contributed by atoms with E-state index in [-0.39, 0.29) is 5.78 Å². The molecule has 102 valence electrons. The molecule has 0 amide bonds. The SMILES string of the molecule is COc1ccc(/C=C/C(=O)c2ccc(C)c(C)c2)cc1. The zero-order valence-electron chi connectivity index (χ0n) is 12.0. The standard InChI is InChI=1S/C18H18O2/c1-13-4-8-16(12-14(13)2)18(19)11-7-15-5-9-17(20-3)10-6-15/h4-12H,1-3H3/b11-7+. The lowest BCUT2D eigenvalue weighted by molar-refractivity contribution is 0.104. The summed E-state index contributed by atoms with van der Waals surface area (Å²) >= 11 is 0. The lowest BCUT2D eigenvalue weighted by Gasteiger charge is -2.02. The Balaban J connectivity index is 2.13. The van der Waals surface area contributed by atoms with Crippen molar-refractivity contribution in [1.29, 1.82) is 0 Å². The highest BCUT2D eigenvalue weighted by atomic mass is 16.5. The van der Waals surface area contributed by atoms with Crippen LogP contribution in [0.3, 0.4) is 0 Å². The quantitative estimate of drug-likeness (QED) is 0.612. The van der Waals surface area contributed by atoms with Gasteiger partial charge in [0.2, 0.25) is 0 Å². The van der Waals surface area contributed by atoms with Gasteiger partial charge in [0.15, 0.2) is 5.78 Å². The highest BCUT2D eigenvalue weighted by Crippen LogP contribution is 2.14. The molecule has 0 N–H and O–H groups in total. The number of methoxy groups -OCH3 is 1. The largest absolute Gasteiger partial charge is 0.497 e. The van der Waals surface area contributed by atoms with Gasteiger partial charge in [0.1, 0.15) is 5.75 Å². The summed E-state index contributed by atoms with van der Waals surface area (Å²) in [6.45, 7) is 4.05. The molecule has 2 aromatic carbocycles. The number of allylic oxidation sites excluding steroid dienone is 1. The molecule has 0 aliphatic rings. The summed E-state index contributed by atoms with van der Waals surface area (Å²) in [6.07, 6.45) is 3.42. The van der Waals surface area contributed by atoms with E-state index in [9.17, 15) is 4.79 Å². The Morgan fingerprint density at radius 2 is 1.70 bits per heavy atom. The van der Waals surface area contributed by atoms with Gasteiger partial charge in [-0.1, -0.05) is 30.3 Å². The van der Waals surface area contributed by atoms with Crippen molar-refractivity contribution in [3.63, 3.8) is 0 Å². The van der Waals surface area contributed by atoms with Crippen LogP contribution in [0.5, 0.6) is 5.75 Å². The van der Waals surface area contributed by atoms with Crippen LogP contribution in [0.15, 0.2) is 48.5 Å². The highest BCUT2D eigenvalue weighted by Gasteiger charge is 2.03. The minimum Gasteiger partial charge on any atom is -0.497 e. The monoisotopic (exact) mass is 266 g/mol. The molecule has 2 aromatic rings. The second kappa shape index (κ2) is 6.20. The molecule has 0 radical (unpaired) electrons. The van der Waals surface area contributed by atoms with Crippen molar-refractivity contribution in [3.8, 4) is 5.75 Å². The van der Waals surface area contributed by atoms with Crippen molar-refractivity contribution < 1.29 is 9.53 Å². The second-order valence-corrected chi connectivity index (χ2v) is 4.77. The molecule has 2 nitrogen and oxygen atoms in total. The van der Waals surface area contributed by atoms with Gasteiger partial charge in [-0.2, -0.15) is 0 Å². The fraction of sp³-hybridized carbons (Fsp3) is 0.167. The Bertz CT molecular complexity index is 637. The molecule has 0 saturated carbocycles. The highest BCUT2D eigenvalue weighted by molar-refractivity contribution is 6.06. The molecular formula is C18H18O2. The Morgan fingerprint density at radius 3 is 2.30 bits per heavy atom. The van der Waals surface area contributed by atoms with Gasteiger partial charge in [0, 0.05) is 5.56 Å². The molecule has 0 bridgehead atoms. The van der Waals surface area contributed by atoms with Crippen LogP contribution in [0.4, 0.5) is 0 Å². The zero-order valence-corrected chi connectivity index (χ0v) is 12.0. The molecular weight excluding hydrogens is 248 g/mol. The Morgan fingerprint density at radius 1 is 1.00 bits per heavy atom. The van der Waals surface area contributed by atoms with Gasteiger partial charge in [-0.05, 0) is 54.8 Å². The van der Waals surface area contributed by atoms with E-state index in [0.29, 0.717) is 0 Å². The Kier molecular flexibility index (Phi) is 4.36. The van der Waals surface area contributed by atoms with Crippen molar-refractivity contribution in [2.45, 2.75) is 13.8 Å². The Labute approximate surface area is 119 Å². The third-order valence-electron chi connectivity index (χ3n) is 3.33. The number of hydrogen-bond acceptors (Lipinski definition) is 2. The molecule has 20 heavy (non-hydrogen) atoms. The van der Waals surface area contributed by atoms with Crippen molar-refractivity contribution in [1.82, 2.24) is 0 Å². The topological polar surface area (TPSA) is 26.3 Å². The molecule has 0 aromatic heterocycles. The van der Waals surface area contributed by atoms with Crippen LogP contribution >= 0.6 is 0 Å². The van der Waals surface area contributed by atoms with Gasteiger partial charge in [0.05, 0.1) is 7.11 Å². The second-order valence-electron chi connectivity index (χ2n) is 4.77. The minimum absolute atomic E-state index is 0.0175. The molecule has 0 spiro atoms. The van der Waals surface area contributed by atoms with E-state index in [1.165, 1.54) is 5.56 Å². The summed E-state index contributed by atoms with van der Waals surface area (Å²) in [5, 5.41) is 0. The predicted octanol–water partition coefficient (Wildman–Crippen LogP) is 4.21. The van der Waals surface area contributed by atoms with E-state index in [0.717, 1.165) is 22.4 Å². The van der Waals surface area contributed by atoms with Gasteiger partial charge in [-0.15, -0.1) is 0 Å². The van der Waals surface area contributed by atoms with Crippen LogP contribution in [0.2, 0.25) is 0 Å². The summed E-state index contributed by atoms with van der Waals surface area (Å²) in [5.41, 5.74) is 4.02. The first-order valence-electron chi connectivity index (χ1n) is 6.54. The smallest absolute Gasteiger partial charge is 0.185 e. The van der Waals surface area contributed by atoms with Crippen LogP contribution in [-0.2, 0) is 0 Å². The van der Waals surface area contributed by atoms with Crippen LogP contribution in [-0.4, -0.2) is 12.9 Å². The van der Waals surface area contributed by atoms with Crippen LogP contribution < -0.4 is 4.74 Å². The van der Waals surface area contributed by atoms with Gasteiger partial charge >= 0.3 is 0 Å². The number of carbonyl (C=O) groups is 1. The van der Waals surface area contributed by atoms with Gasteiger partial charge in [0.25, 0.3) is 0 Å². The fourth-order valence-corrected chi connectivity index (χ4v) is 1.88. The molecule has 0 saturated heterocycles. The van der Waals surface area contributed by atoms with Gasteiger partial charge < -0.3 is 4.74 Å². The van der Waals surface area contributed by atoms with Gasteiger partial charge in [-0.3, -0.25) is 4.79 Å². The number of benzene rings is 2. The maximum Gasteiger partial charge on any atom is 0.185 e. The molecule has 0 aliphatic heterocycles. The first-order valence-corrected chi connectivity index (χ1v) is 6.54. The molecule has 2 heteroatoms. The molecule has 0 aliphatic carbocycles. The van der Waals surface area contributed by atoms with E-state index in [1.54, 1.807) is 13.2 Å². The summed E-state index contributed by atoms with van der Waals surface area (Å²) in [6, 6.07) is 13.4. The molecule has 0 heterocycles. The fourth-order valence-electron chi connectivity index (χ4n) is 1.88. The first-order chi connectivity index (χ1) is 9.60. The number of carbonyl (C=O) groups excluding carboxylic acids is 1. The lowest BCUT2D eigenvalue weighted by atomic mass is 10.0. The predicted molar refractivity (Wildman–Crippen MR) is 82.3 cm³/mol. The van der Waals surface area contributed by atoms with E-state index >= 15 is 0 Å². The first kappa shape index (κ1) is 14.1. The third kappa shape index (κ3) is 3.35. The lowest BCUT2D eigenvalue weighted by Crippen LogP contribution is -1.95. The average molecular weight is 266 g/mol. The van der Waals surface area contributed by atoms with Crippen molar-refractivity contribution >= 4 is 11.9 Å². The van der Waals surface area contributed by atoms with E-state index in [2.05, 4.69) is 0 Å². The van der Waals surface area contributed by atoms with E-state index in [4.69, 9.17) is 4.74 Å². The molecule has 0 unspecified atom stereocenters. The average Bonchev–Trinajstić information content (AvgIpc) is 2.48. The maximum absolute atomic E-state index is 12.1. The van der Waals surface area contributed by atoms with Crippen molar-refractivity contribution in [3.05, 3.63) is 70.8 Å². The number of hydrogen-bond donors (Lipinski definition) is 0. The maximum atomic E-state index is 12.1. The van der Waals surface area contributed by atoms with Crippen molar-refractivity contribution in [2.24, 2.45) is 0 Å². The van der Waals surface area contributed by atoms with Crippen LogP contribution in [0.1, 0.15) is 27.0 Å². The molecule has 0 atom stereocenters. The summed E-state index contributed by atoms with van der Waals surface area (Å²) in [4.78, 5) is 12.1. The number of aryl methyl sites for hydroxylation is 2. The van der Waals surface area contributed by atoms with Gasteiger partial charge in [-0.25, -0.2) is 0 Å². The summed E-state index contributed by atoms with van der Waals surface area (Å²) in [5.74, 6) is 0.826. The van der Waals surface area contributed by atoms with E-state index in [1.807, 2.05) is 62.4 Å². The summed E-state index contributed by atoms with van der Waals surface area (Å²) < 4.78 is 5.10. The summed E-state index contributed by atoms with van der Waals surface area (Å²) in [7, 11) is 1.63. The number of ketones is 1. The van der Waals surface area contributed by atoms with E-state index < -0.39 is 0 Å². The van der Waals surface area contributed by atoms with Crippen LogP contribution in [0, 0.1) is 13.8 Å². The zero-order chi connectivity index (χ0) is 14.5. The molecule has 2 rings (SSSR count). The normalized spacial score (nSPS) is 10.8. The number of ether oxygens (including phenoxy) is 1. The van der Waals surface area contributed by atoms with Crippen molar-refractivity contribution in [2.75, 3.05) is 7.11 Å². The minimum atomic E-state index is 0.0175. The third-order valence-corrected chi connectivity index (χ3v) is 3.33. The van der Waals surface area contributed by atoms with Crippen LogP contribution in [0.25, 0.3) is 6.08 Å². The molecule has 0 fully saturated rings. The number of rotatable bonds is 4. The Hall–Kier alpha value is -2.35.